The Hall–Kier alpha value is -0.990. The third-order valence-corrected chi connectivity index (χ3v) is 2.45. The number of hydrogen-bond acceptors (Lipinski definition) is 1. The molecule has 0 radical (unpaired) electrons. The van der Waals surface area contributed by atoms with Gasteiger partial charge in [-0.25, -0.2) is 0 Å². The zero-order valence-corrected chi connectivity index (χ0v) is 12.6. The molecule has 0 spiro atoms. The summed E-state index contributed by atoms with van der Waals surface area (Å²) in [5.41, 5.74) is 10.6. The number of hydrogen-bond donors (Lipinski definition) is 2. The van der Waals surface area contributed by atoms with Gasteiger partial charge in [-0.3, -0.25) is 4.99 Å². The van der Waals surface area contributed by atoms with Crippen molar-refractivity contribution in [3.05, 3.63) is 35.4 Å². The van der Waals surface area contributed by atoms with E-state index >= 15 is 0 Å². The van der Waals surface area contributed by atoms with Crippen LogP contribution < -0.4 is 11.5 Å². The first-order valence-corrected chi connectivity index (χ1v) is 5.61. The number of unbranched alkanes of at least 4 members (excludes halogenated alkanes) is 1. The SMILES string of the molecule is I.NC(N)=NCCCCc1ccc(C(F)(F)F)cc1. The molecular formula is C12H17F3IN3. The lowest BCUT2D eigenvalue weighted by molar-refractivity contribution is -0.137. The summed E-state index contributed by atoms with van der Waals surface area (Å²) in [5, 5.41) is 0. The maximum absolute atomic E-state index is 12.3. The zero-order valence-electron chi connectivity index (χ0n) is 10.3. The van der Waals surface area contributed by atoms with E-state index in [4.69, 9.17) is 11.5 Å². The molecule has 0 heterocycles. The molecule has 0 aromatic heterocycles. The lowest BCUT2D eigenvalue weighted by Crippen LogP contribution is -2.22. The standard InChI is InChI=1S/C12H16F3N3.HI/c13-12(14,15)10-6-4-9(5-7-10)3-1-2-8-18-11(16)17;/h4-7H,1-3,8H2,(H4,16,17,18);1H. The lowest BCUT2D eigenvalue weighted by Gasteiger charge is -2.07. The van der Waals surface area contributed by atoms with Gasteiger partial charge in [0.05, 0.1) is 5.56 Å². The van der Waals surface area contributed by atoms with Gasteiger partial charge in [0, 0.05) is 6.54 Å². The van der Waals surface area contributed by atoms with Crippen molar-refractivity contribution in [1.29, 1.82) is 0 Å². The van der Waals surface area contributed by atoms with Gasteiger partial charge in [0.1, 0.15) is 0 Å². The largest absolute Gasteiger partial charge is 0.416 e. The molecule has 0 fully saturated rings. The highest BCUT2D eigenvalue weighted by molar-refractivity contribution is 14.0. The second-order valence-electron chi connectivity index (χ2n) is 3.96. The molecule has 4 N–H and O–H groups in total. The van der Waals surface area contributed by atoms with Gasteiger partial charge in [-0.15, -0.1) is 24.0 Å². The monoisotopic (exact) mass is 387 g/mol. The number of nitrogens with two attached hydrogens (primary N) is 2. The van der Waals surface area contributed by atoms with Gasteiger partial charge in [0.25, 0.3) is 0 Å². The number of aliphatic imine (C=N–C) groups is 1. The number of nitrogens with zero attached hydrogens (tertiary/aromatic N) is 1. The maximum atomic E-state index is 12.3. The fraction of sp³-hybridized carbons (Fsp3) is 0.417. The van der Waals surface area contributed by atoms with E-state index < -0.39 is 11.7 Å². The van der Waals surface area contributed by atoms with E-state index in [-0.39, 0.29) is 29.9 Å². The van der Waals surface area contributed by atoms with Crippen LogP contribution in [0.15, 0.2) is 29.3 Å². The van der Waals surface area contributed by atoms with Crippen LogP contribution in [0.3, 0.4) is 0 Å². The first-order valence-electron chi connectivity index (χ1n) is 5.61. The van der Waals surface area contributed by atoms with Gasteiger partial charge in [-0.2, -0.15) is 13.2 Å². The average Bonchev–Trinajstić information content (AvgIpc) is 2.27. The number of benzene rings is 1. The van der Waals surface area contributed by atoms with Crippen LogP contribution in [0.1, 0.15) is 24.0 Å². The van der Waals surface area contributed by atoms with Crippen LogP contribution in [0.25, 0.3) is 0 Å². The molecule has 3 nitrogen and oxygen atoms in total. The van der Waals surface area contributed by atoms with Crippen LogP contribution in [0.4, 0.5) is 13.2 Å². The predicted octanol–water partition coefficient (Wildman–Crippen LogP) is 2.92. The van der Waals surface area contributed by atoms with E-state index in [1.165, 1.54) is 12.1 Å². The fourth-order valence-corrected chi connectivity index (χ4v) is 1.51. The maximum Gasteiger partial charge on any atom is 0.416 e. The van der Waals surface area contributed by atoms with Crippen LogP contribution in [0, 0.1) is 0 Å². The molecule has 108 valence electrons. The molecular weight excluding hydrogens is 370 g/mol. The molecule has 0 saturated heterocycles. The summed E-state index contributed by atoms with van der Waals surface area (Å²) in [7, 11) is 0. The summed E-state index contributed by atoms with van der Waals surface area (Å²) in [6, 6.07) is 5.21. The highest BCUT2D eigenvalue weighted by Crippen LogP contribution is 2.29. The van der Waals surface area contributed by atoms with Gasteiger partial charge < -0.3 is 11.5 Å². The first kappa shape index (κ1) is 18.0. The minimum atomic E-state index is -4.27. The van der Waals surface area contributed by atoms with Crippen molar-refractivity contribution in [2.45, 2.75) is 25.4 Å². The lowest BCUT2D eigenvalue weighted by atomic mass is 10.1. The molecule has 0 atom stereocenters. The van der Waals surface area contributed by atoms with E-state index in [0.717, 1.165) is 37.0 Å². The average molecular weight is 387 g/mol. The topological polar surface area (TPSA) is 64.4 Å². The Labute approximate surface area is 127 Å². The van der Waals surface area contributed by atoms with Crippen molar-refractivity contribution in [1.82, 2.24) is 0 Å². The normalized spacial score (nSPS) is 10.7. The molecule has 1 aromatic carbocycles. The van der Waals surface area contributed by atoms with Crippen molar-refractivity contribution in [2.24, 2.45) is 16.5 Å². The predicted molar refractivity (Wildman–Crippen MR) is 80.5 cm³/mol. The van der Waals surface area contributed by atoms with Crippen molar-refractivity contribution in [3.8, 4) is 0 Å². The summed E-state index contributed by atoms with van der Waals surface area (Å²) in [6.45, 7) is 0.545. The van der Waals surface area contributed by atoms with E-state index in [2.05, 4.69) is 4.99 Å². The molecule has 0 saturated carbocycles. The van der Waals surface area contributed by atoms with E-state index in [1.807, 2.05) is 0 Å². The van der Waals surface area contributed by atoms with Crippen LogP contribution in [0.2, 0.25) is 0 Å². The van der Waals surface area contributed by atoms with Crippen molar-refractivity contribution < 1.29 is 13.2 Å². The van der Waals surface area contributed by atoms with Gasteiger partial charge in [-0.05, 0) is 37.0 Å². The molecule has 1 aromatic rings. The van der Waals surface area contributed by atoms with Gasteiger partial charge in [-0.1, -0.05) is 12.1 Å². The van der Waals surface area contributed by atoms with Crippen LogP contribution in [-0.2, 0) is 12.6 Å². The highest BCUT2D eigenvalue weighted by atomic mass is 127. The Kier molecular flexibility index (Phi) is 7.81. The molecule has 0 aliphatic rings. The van der Waals surface area contributed by atoms with Crippen LogP contribution in [0.5, 0.6) is 0 Å². The number of guanidine groups is 1. The Morgan fingerprint density at radius 3 is 2.11 bits per heavy atom. The van der Waals surface area contributed by atoms with Gasteiger partial charge in [0.2, 0.25) is 0 Å². The van der Waals surface area contributed by atoms with Crippen molar-refractivity contribution in [2.75, 3.05) is 6.54 Å². The van der Waals surface area contributed by atoms with Crippen molar-refractivity contribution in [3.63, 3.8) is 0 Å². The summed E-state index contributed by atoms with van der Waals surface area (Å²) in [4.78, 5) is 3.83. The fourth-order valence-electron chi connectivity index (χ4n) is 1.51. The molecule has 1 rings (SSSR count). The number of rotatable bonds is 5. The molecule has 0 amide bonds. The van der Waals surface area contributed by atoms with Gasteiger partial charge in [0.15, 0.2) is 5.96 Å². The Bertz CT molecular complexity index is 398. The summed E-state index contributed by atoms with van der Waals surface area (Å²) >= 11 is 0. The van der Waals surface area contributed by atoms with E-state index in [9.17, 15) is 13.2 Å². The number of halogens is 4. The Morgan fingerprint density at radius 1 is 1.05 bits per heavy atom. The third kappa shape index (κ3) is 7.24. The second kappa shape index (κ2) is 8.23. The number of aryl methyl sites for hydroxylation is 1. The number of alkyl halides is 3. The quantitative estimate of drug-likeness (QED) is 0.353. The Balaban J connectivity index is 0.00000324. The second-order valence-corrected chi connectivity index (χ2v) is 3.96. The van der Waals surface area contributed by atoms with Crippen LogP contribution >= 0.6 is 24.0 Å². The molecule has 0 unspecified atom stereocenters. The van der Waals surface area contributed by atoms with Crippen LogP contribution in [-0.4, -0.2) is 12.5 Å². The first-order chi connectivity index (χ1) is 8.39. The van der Waals surface area contributed by atoms with Gasteiger partial charge >= 0.3 is 6.18 Å². The minimum absolute atomic E-state index is 0. The highest BCUT2D eigenvalue weighted by Gasteiger charge is 2.29. The minimum Gasteiger partial charge on any atom is -0.370 e. The summed E-state index contributed by atoms with van der Waals surface area (Å²) < 4.78 is 36.9. The third-order valence-electron chi connectivity index (χ3n) is 2.45. The van der Waals surface area contributed by atoms with E-state index in [0.29, 0.717) is 6.54 Å². The summed E-state index contributed by atoms with van der Waals surface area (Å²) in [6.07, 6.45) is -1.91. The zero-order chi connectivity index (χ0) is 13.6. The molecule has 0 bridgehead atoms. The van der Waals surface area contributed by atoms with E-state index in [1.54, 1.807) is 0 Å². The Morgan fingerprint density at radius 2 is 1.63 bits per heavy atom. The molecule has 7 heteroatoms. The molecule has 19 heavy (non-hydrogen) atoms. The smallest absolute Gasteiger partial charge is 0.370 e. The molecule has 0 aliphatic carbocycles. The summed E-state index contributed by atoms with van der Waals surface area (Å²) in [5.74, 6) is 0.0598. The molecule has 0 aliphatic heterocycles. The van der Waals surface area contributed by atoms with Crippen molar-refractivity contribution >= 4 is 29.9 Å².